The van der Waals surface area contributed by atoms with Gasteiger partial charge < -0.3 is 20.1 Å². The average molecular weight is 626 g/mol. The van der Waals surface area contributed by atoms with Gasteiger partial charge in [0.05, 0.1) is 22.4 Å². The van der Waals surface area contributed by atoms with Crippen LogP contribution in [0.2, 0.25) is 0 Å². The van der Waals surface area contributed by atoms with Gasteiger partial charge in [-0.3, -0.25) is 9.36 Å². The molecule has 6 rings (SSSR count). The van der Waals surface area contributed by atoms with Gasteiger partial charge in [0, 0.05) is 32.0 Å². The summed E-state index contributed by atoms with van der Waals surface area (Å²) in [4.78, 5) is 21.0. The Balaban J connectivity index is 1.46. The van der Waals surface area contributed by atoms with Crippen molar-refractivity contribution >= 4 is 44.1 Å². The number of benzene rings is 1. The zero-order valence-corrected chi connectivity index (χ0v) is 24.1. The zero-order valence-electron chi connectivity index (χ0n) is 23.3. The number of carbonyl (C=O) groups excluding carboxylic acids is 1. The van der Waals surface area contributed by atoms with E-state index in [1.54, 1.807) is 12.1 Å². The fraction of sp³-hybridized carbons (Fsp3) is 0.536. The topological polar surface area (TPSA) is 124 Å². The van der Waals surface area contributed by atoms with Gasteiger partial charge in [-0.15, -0.1) is 0 Å². The van der Waals surface area contributed by atoms with Crippen molar-refractivity contribution in [1.29, 1.82) is 0 Å². The molecule has 1 aliphatic carbocycles. The summed E-state index contributed by atoms with van der Waals surface area (Å²) >= 11 is 0. The smallest absolute Gasteiger partial charge is 0.295 e. The molecule has 3 fully saturated rings. The van der Waals surface area contributed by atoms with Crippen LogP contribution in [-0.4, -0.2) is 54.3 Å². The molecule has 0 radical (unpaired) electrons. The Kier molecular flexibility index (Phi) is 7.84. The fourth-order valence-corrected chi connectivity index (χ4v) is 6.48. The first kappa shape index (κ1) is 29.8. The third kappa shape index (κ3) is 6.07. The number of hydrogen-bond acceptors (Lipinski definition) is 8. The molecule has 0 bridgehead atoms. The Morgan fingerprint density at radius 1 is 1.05 bits per heavy atom. The van der Waals surface area contributed by atoms with E-state index in [1.807, 2.05) is 0 Å². The van der Waals surface area contributed by atoms with Crippen molar-refractivity contribution in [1.82, 2.24) is 14.5 Å². The van der Waals surface area contributed by atoms with E-state index in [2.05, 4.69) is 20.6 Å². The number of hydrogen-bond donors (Lipinski definition) is 2. The maximum absolute atomic E-state index is 14.3. The van der Waals surface area contributed by atoms with Crippen LogP contribution < -0.4 is 10.6 Å². The molecular formula is C28H31F4N5O5S. The number of nitrogens with zero attached hydrogens (tertiary/aromatic N) is 3. The van der Waals surface area contributed by atoms with Gasteiger partial charge in [0.2, 0.25) is 5.91 Å². The summed E-state index contributed by atoms with van der Waals surface area (Å²) < 4.78 is 94.4. The van der Waals surface area contributed by atoms with Gasteiger partial charge in [0.1, 0.15) is 23.5 Å². The molecule has 1 amide bonds. The van der Waals surface area contributed by atoms with E-state index in [1.165, 1.54) is 12.1 Å². The highest BCUT2D eigenvalue weighted by atomic mass is 32.2. The van der Waals surface area contributed by atoms with Crippen molar-refractivity contribution in [3.8, 4) is 0 Å². The predicted molar refractivity (Wildman–Crippen MR) is 148 cm³/mol. The second-order valence-corrected chi connectivity index (χ2v) is 13.2. The highest BCUT2D eigenvalue weighted by molar-refractivity contribution is 7.90. The van der Waals surface area contributed by atoms with Gasteiger partial charge in [-0.2, -0.15) is 0 Å². The Labute approximate surface area is 245 Å². The maximum atomic E-state index is 14.3. The number of amides is 1. The molecule has 0 spiro atoms. The molecule has 3 atom stereocenters. The maximum Gasteiger partial charge on any atom is 0.295 e. The molecule has 15 heteroatoms. The first-order valence-electron chi connectivity index (χ1n) is 14.2. The number of imidazole rings is 1. The van der Waals surface area contributed by atoms with Crippen molar-refractivity contribution in [2.24, 2.45) is 5.92 Å². The number of halogens is 4. The number of alkyl halides is 4. The lowest BCUT2D eigenvalue weighted by Crippen LogP contribution is -2.21. The lowest BCUT2D eigenvalue weighted by Gasteiger charge is -2.25. The van der Waals surface area contributed by atoms with E-state index in [0.29, 0.717) is 31.6 Å². The van der Waals surface area contributed by atoms with Crippen molar-refractivity contribution in [2.75, 3.05) is 30.1 Å². The summed E-state index contributed by atoms with van der Waals surface area (Å²) in [5.74, 6) is -6.44. The largest absolute Gasteiger partial charge is 0.374 e. The molecule has 2 aromatic heterocycles. The van der Waals surface area contributed by atoms with Crippen LogP contribution in [0.15, 0.2) is 29.2 Å². The molecule has 3 aliphatic rings. The normalized spacial score (nSPS) is 23.8. The van der Waals surface area contributed by atoms with Crippen molar-refractivity contribution in [3.05, 3.63) is 35.7 Å². The third-order valence-electron chi connectivity index (χ3n) is 7.93. The first-order valence-corrected chi connectivity index (χ1v) is 16.1. The summed E-state index contributed by atoms with van der Waals surface area (Å²) in [5, 5.41) is 5.36. The molecule has 232 valence electrons. The molecule has 10 nitrogen and oxygen atoms in total. The highest BCUT2D eigenvalue weighted by Crippen LogP contribution is 2.49. The molecule has 1 aromatic carbocycles. The van der Waals surface area contributed by atoms with E-state index in [4.69, 9.17) is 9.47 Å². The molecule has 4 heterocycles. The highest BCUT2D eigenvalue weighted by Gasteiger charge is 2.61. The number of aromatic nitrogens is 3. The number of carbonyl (C=O) groups is 1. The van der Waals surface area contributed by atoms with E-state index < -0.39 is 52.5 Å². The van der Waals surface area contributed by atoms with Gasteiger partial charge >= 0.3 is 0 Å². The van der Waals surface area contributed by atoms with Crippen LogP contribution >= 0.6 is 0 Å². The molecule has 43 heavy (non-hydrogen) atoms. The van der Waals surface area contributed by atoms with Gasteiger partial charge in [-0.25, -0.2) is 35.9 Å². The second-order valence-electron chi connectivity index (χ2n) is 11.2. The minimum absolute atomic E-state index is 0.0293. The summed E-state index contributed by atoms with van der Waals surface area (Å²) in [6.07, 6.45) is 0.805. The number of sulfone groups is 1. The van der Waals surface area contributed by atoms with E-state index in [9.17, 15) is 30.8 Å². The number of ether oxygens (including phenoxy) is 2. The Bertz CT molecular complexity index is 1650. The van der Waals surface area contributed by atoms with Crippen molar-refractivity contribution in [2.45, 2.75) is 74.5 Å². The summed E-state index contributed by atoms with van der Waals surface area (Å²) in [6.45, 7) is 0.898. The van der Waals surface area contributed by atoms with Crippen LogP contribution in [0.25, 0.3) is 11.2 Å². The Hall–Kier alpha value is -3.30. The van der Waals surface area contributed by atoms with Crippen molar-refractivity contribution in [3.63, 3.8) is 0 Å². The van der Waals surface area contributed by atoms with E-state index >= 15 is 0 Å². The SMILES string of the molecule is CS(=O)(=O)c1cc([C@H]2CCCCO2)ccc1Nc1cc(NC(=O)C2CC2(F)F)nc2c1nc(C(F)F)n2C1CCCCO1. The first-order chi connectivity index (χ1) is 20.4. The second kappa shape index (κ2) is 11.3. The molecule has 2 unspecified atom stereocenters. The molecule has 3 aromatic rings. The van der Waals surface area contributed by atoms with E-state index in [-0.39, 0.29) is 39.4 Å². The molecule has 2 aliphatic heterocycles. The van der Waals surface area contributed by atoms with Crippen molar-refractivity contribution < 1.29 is 40.2 Å². The standard InChI is InChI=1S/C28H31F4N5O5S/c1-43(39,40)20-12-15(19-6-2-4-10-41-19)8-9-17(20)33-18-13-21(35-27(38)16-14-28(16,31)32)34-25-23(18)36-26(24(29)30)37(25)22-7-3-5-11-42-22/h8-9,12-13,16,19,22,24H,2-7,10-11,14H2,1H3,(H2,33,34,35,38)/t16?,19-,22?/m1/s1. The van der Waals surface area contributed by atoms with Crippen LogP contribution in [0.3, 0.4) is 0 Å². The van der Waals surface area contributed by atoms with Crippen LogP contribution in [0, 0.1) is 5.92 Å². The van der Waals surface area contributed by atoms with Gasteiger partial charge in [0.15, 0.2) is 21.3 Å². The predicted octanol–water partition coefficient (Wildman–Crippen LogP) is 6.05. The lowest BCUT2D eigenvalue weighted by molar-refractivity contribution is -0.119. The lowest BCUT2D eigenvalue weighted by atomic mass is 10.0. The molecule has 2 N–H and O–H groups in total. The third-order valence-corrected chi connectivity index (χ3v) is 9.07. The quantitative estimate of drug-likeness (QED) is 0.290. The van der Waals surface area contributed by atoms with Crippen LogP contribution in [0.4, 0.5) is 34.8 Å². The number of anilines is 3. The fourth-order valence-electron chi connectivity index (χ4n) is 5.61. The Morgan fingerprint density at radius 2 is 1.77 bits per heavy atom. The van der Waals surface area contributed by atoms with E-state index in [0.717, 1.165) is 36.5 Å². The van der Waals surface area contributed by atoms with Crippen LogP contribution in [0.5, 0.6) is 0 Å². The number of pyridine rings is 1. The number of rotatable bonds is 8. The van der Waals surface area contributed by atoms with Gasteiger partial charge in [-0.05, 0) is 56.2 Å². The monoisotopic (exact) mass is 625 g/mol. The van der Waals surface area contributed by atoms with Gasteiger partial charge in [0.25, 0.3) is 12.3 Å². The number of fused-ring (bicyclic) bond motifs is 1. The summed E-state index contributed by atoms with van der Waals surface area (Å²) in [6, 6.07) is 6.05. The number of nitrogens with one attached hydrogen (secondary N) is 2. The zero-order chi connectivity index (χ0) is 30.5. The Morgan fingerprint density at radius 3 is 2.37 bits per heavy atom. The molecular weight excluding hydrogens is 594 g/mol. The molecule has 2 saturated heterocycles. The van der Waals surface area contributed by atoms with Crippen LogP contribution in [0.1, 0.15) is 75.1 Å². The average Bonchev–Trinajstić information content (AvgIpc) is 3.44. The van der Waals surface area contributed by atoms with Crippen LogP contribution in [-0.2, 0) is 24.1 Å². The minimum Gasteiger partial charge on any atom is -0.374 e. The summed E-state index contributed by atoms with van der Waals surface area (Å²) in [7, 11) is -3.80. The van der Waals surface area contributed by atoms with Gasteiger partial charge in [-0.1, -0.05) is 6.07 Å². The minimum atomic E-state index is -3.80. The molecule has 1 saturated carbocycles. The summed E-state index contributed by atoms with van der Waals surface area (Å²) in [5.41, 5.74) is 0.757.